The van der Waals surface area contributed by atoms with Gasteiger partial charge in [-0.25, -0.2) is 4.79 Å². The van der Waals surface area contributed by atoms with Crippen molar-refractivity contribution in [2.45, 2.75) is 6.92 Å². The summed E-state index contributed by atoms with van der Waals surface area (Å²) in [5.41, 5.74) is 1.33. The highest BCUT2D eigenvalue weighted by Gasteiger charge is 2.13. The van der Waals surface area contributed by atoms with Gasteiger partial charge in [-0.15, -0.1) is 0 Å². The molecule has 0 aliphatic heterocycles. The highest BCUT2D eigenvalue weighted by molar-refractivity contribution is 9.10. The second-order valence-electron chi connectivity index (χ2n) is 4.60. The van der Waals surface area contributed by atoms with Crippen molar-refractivity contribution in [3.63, 3.8) is 0 Å². The standard InChI is InChI=1S/C17H16BrNO4/c1-3-23-17(21)11-5-4-6-12(9-11)19-16(20)14-10-13(22-2)7-8-15(14)18/h4-10H,3H2,1-2H3,(H,19,20). The Labute approximate surface area is 142 Å². The van der Waals surface area contributed by atoms with Gasteiger partial charge in [-0.3, -0.25) is 4.79 Å². The molecule has 1 amide bonds. The second kappa shape index (κ2) is 7.78. The third kappa shape index (κ3) is 4.32. The molecule has 0 aromatic heterocycles. The van der Waals surface area contributed by atoms with Gasteiger partial charge in [-0.2, -0.15) is 0 Å². The van der Waals surface area contributed by atoms with Crippen molar-refractivity contribution in [2.75, 3.05) is 19.0 Å². The minimum absolute atomic E-state index is 0.298. The molecule has 2 rings (SSSR count). The lowest BCUT2D eigenvalue weighted by Crippen LogP contribution is -2.13. The summed E-state index contributed by atoms with van der Waals surface area (Å²) in [7, 11) is 1.54. The second-order valence-corrected chi connectivity index (χ2v) is 5.46. The van der Waals surface area contributed by atoms with E-state index in [1.54, 1.807) is 49.4 Å². The van der Waals surface area contributed by atoms with Crippen LogP contribution < -0.4 is 10.1 Å². The lowest BCUT2D eigenvalue weighted by molar-refractivity contribution is 0.0526. The first-order valence-corrected chi connectivity index (χ1v) is 7.76. The molecule has 0 heterocycles. The predicted molar refractivity (Wildman–Crippen MR) is 91.0 cm³/mol. The van der Waals surface area contributed by atoms with Gasteiger partial charge in [0.25, 0.3) is 5.91 Å². The lowest BCUT2D eigenvalue weighted by atomic mass is 10.1. The number of rotatable bonds is 5. The van der Waals surface area contributed by atoms with Crippen LogP contribution in [0.25, 0.3) is 0 Å². The van der Waals surface area contributed by atoms with Crippen LogP contribution in [0.3, 0.4) is 0 Å². The summed E-state index contributed by atoms with van der Waals surface area (Å²) in [4.78, 5) is 24.1. The normalized spacial score (nSPS) is 10.0. The van der Waals surface area contributed by atoms with Crippen molar-refractivity contribution >= 4 is 33.5 Å². The number of methoxy groups -OCH3 is 1. The van der Waals surface area contributed by atoms with Gasteiger partial charge in [0.1, 0.15) is 5.75 Å². The Morgan fingerprint density at radius 3 is 2.65 bits per heavy atom. The predicted octanol–water partition coefficient (Wildman–Crippen LogP) is 3.89. The number of anilines is 1. The van der Waals surface area contributed by atoms with Crippen molar-refractivity contribution in [1.29, 1.82) is 0 Å². The molecular formula is C17H16BrNO4. The molecule has 2 aromatic carbocycles. The Hall–Kier alpha value is -2.34. The molecule has 0 aliphatic rings. The number of hydrogen-bond acceptors (Lipinski definition) is 4. The SMILES string of the molecule is CCOC(=O)c1cccc(NC(=O)c2cc(OC)ccc2Br)c1. The molecule has 0 unspecified atom stereocenters. The van der Waals surface area contributed by atoms with Crippen molar-refractivity contribution < 1.29 is 19.1 Å². The van der Waals surface area contributed by atoms with Crippen LogP contribution in [0.5, 0.6) is 5.75 Å². The zero-order chi connectivity index (χ0) is 16.8. The monoisotopic (exact) mass is 377 g/mol. The van der Waals surface area contributed by atoms with E-state index in [1.807, 2.05) is 0 Å². The zero-order valence-electron chi connectivity index (χ0n) is 12.8. The Balaban J connectivity index is 2.20. The molecule has 0 spiro atoms. The van der Waals surface area contributed by atoms with E-state index in [-0.39, 0.29) is 5.91 Å². The third-order valence-corrected chi connectivity index (χ3v) is 3.74. The summed E-state index contributed by atoms with van der Waals surface area (Å²) in [5, 5.41) is 2.76. The Bertz CT molecular complexity index is 730. The number of esters is 1. The summed E-state index contributed by atoms with van der Waals surface area (Å²) in [6, 6.07) is 11.7. The number of ether oxygens (including phenoxy) is 2. The van der Waals surface area contributed by atoms with E-state index in [0.717, 1.165) is 0 Å². The number of hydrogen-bond donors (Lipinski definition) is 1. The highest BCUT2D eigenvalue weighted by atomic mass is 79.9. The summed E-state index contributed by atoms with van der Waals surface area (Å²) >= 11 is 3.34. The first-order valence-electron chi connectivity index (χ1n) is 6.97. The lowest BCUT2D eigenvalue weighted by Gasteiger charge is -2.09. The largest absolute Gasteiger partial charge is 0.497 e. The molecule has 1 N–H and O–H groups in total. The molecule has 0 saturated heterocycles. The average molecular weight is 378 g/mol. The summed E-state index contributed by atoms with van der Waals surface area (Å²) in [6.45, 7) is 2.04. The molecule has 0 radical (unpaired) electrons. The smallest absolute Gasteiger partial charge is 0.338 e. The maximum absolute atomic E-state index is 12.4. The first-order chi connectivity index (χ1) is 11.0. The molecular weight excluding hydrogens is 362 g/mol. The average Bonchev–Trinajstić information content (AvgIpc) is 2.55. The number of amides is 1. The van der Waals surface area contributed by atoms with Crippen LogP contribution >= 0.6 is 15.9 Å². The Morgan fingerprint density at radius 1 is 1.17 bits per heavy atom. The molecule has 0 fully saturated rings. The zero-order valence-corrected chi connectivity index (χ0v) is 14.3. The fourth-order valence-electron chi connectivity index (χ4n) is 1.94. The van der Waals surface area contributed by atoms with E-state index in [4.69, 9.17) is 9.47 Å². The summed E-state index contributed by atoms with van der Waals surface area (Å²) < 4.78 is 10.7. The quantitative estimate of drug-likeness (QED) is 0.802. The van der Waals surface area contributed by atoms with Crippen LogP contribution in [-0.4, -0.2) is 25.6 Å². The van der Waals surface area contributed by atoms with Crippen molar-refractivity contribution in [2.24, 2.45) is 0 Å². The van der Waals surface area contributed by atoms with E-state index in [0.29, 0.717) is 33.6 Å². The maximum Gasteiger partial charge on any atom is 0.338 e. The fourth-order valence-corrected chi connectivity index (χ4v) is 2.37. The minimum Gasteiger partial charge on any atom is -0.497 e. The van der Waals surface area contributed by atoms with Crippen molar-refractivity contribution in [3.05, 3.63) is 58.1 Å². The molecule has 0 bridgehead atoms. The van der Waals surface area contributed by atoms with Crippen LogP contribution in [0, 0.1) is 0 Å². The molecule has 2 aromatic rings. The molecule has 23 heavy (non-hydrogen) atoms. The highest BCUT2D eigenvalue weighted by Crippen LogP contribution is 2.23. The number of carbonyl (C=O) groups excluding carboxylic acids is 2. The van der Waals surface area contributed by atoms with Gasteiger partial charge in [0, 0.05) is 10.2 Å². The number of benzene rings is 2. The number of carbonyl (C=O) groups is 2. The van der Waals surface area contributed by atoms with Gasteiger partial charge in [0.2, 0.25) is 0 Å². The van der Waals surface area contributed by atoms with Crippen LogP contribution in [-0.2, 0) is 4.74 Å². The van der Waals surface area contributed by atoms with Gasteiger partial charge in [-0.05, 0) is 59.3 Å². The van der Waals surface area contributed by atoms with Gasteiger partial charge in [0.15, 0.2) is 0 Å². The summed E-state index contributed by atoms with van der Waals surface area (Å²) in [6.07, 6.45) is 0. The van der Waals surface area contributed by atoms with Crippen LogP contribution in [0.2, 0.25) is 0 Å². The van der Waals surface area contributed by atoms with E-state index in [9.17, 15) is 9.59 Å². The fraction of sp³-hybridized carbons (Fsp3) is 0.176. The molecule has 0 saturated carbocycles. The first kappa shape index (κ1) is 17.0. The Morgan fingerprint density at radius 2 is 1.96 bits per heavy atom. The topological polar surface area (TPSA) is 64.6 Å². The van der Waals surface area contributed by atoms with Gasteiger partial charge < -0.3 is 14.8 Å². The third-order valence-electron chi connectivity index (χ3n) is 3.05. The molecule has 6 heteroatoms. The number of nitrogens with one attached hydrogen (secondary N) is 1. The van der Waals surface area contributed by atoms with Crippen LogP contribution in [0.4, 0.5) is 5.69 Å². The maximum atomic E-state index is 12.4. The molecule has 120 valence electrons. The van der Waals surface area contributed by atoms with E-state index >= 15 is 0 Å². The van der Waals surface area contributed by atoms with Gasteiger partial charge in [-0.1, -0.05) is 6.07 Å². The molecule has 0 aliphatic carbocycles. The molecule has 0 atom stereocenters. The van der Waals surface area contributed by atoms with Gasteiger partial charge >= 0.3 is 5.97 Å². The number of halogens is 1. The van der Waals surface area contributed by atoms with Gasteiger partial charge in [0.05, 0.1) is 24.8 Å². The molecule has 5 nitrogen and oxygen atoms in total. The van der Waals surface area contributed by atoms with Crippen molar-refractivity contribution in [1.82, 2.24) is 0 Å². The van der Waals surface area contributed by atoms with Crippen LogP contribution in [0.15, 0.2) is 46.9 Å². The van der Waals surface area contributed by atoms with Crippen LogP contribution in [0.1, 0.15) is 27.6 Å². The van der Waals surface area contributed by atoms with E-state index < -0.39 is 5.97 Å². The van der Waals surface area contributed by atoms with E-state index in [2.05, 4.69) is 21.2 Å². The van der Waals surface area contributed by atoms with Crippen molar-refractivity contribution in [3.8, 4) is 5.75 Å². The Kier molecular flexibility index (Phi) is 5.76. The van der Waals surface area contributed by atoms with E-state index in [1.165, 1.54) is 7.11 Å². The minimum atomic E-state index is -0.425. The summed E-state index contributed by atoms with van der Waals surface area (Å²) in [5.74, 6) is -0.151.